The molecule has 0 aliphatic heterocycles. The largest absolute Gasteiger partial charge is 0.505 e. The second kappa shape index (κ2) is 9.25. The summed E-state index contributed by atoms with van der Waals surface area (Å²) in [7, 11) is 0. The monoisotopic (exact) mass is 497 g/mol. The number of aromatic hydroxyl groups is 1. The van der Waals surface area contributed by atoms with E-state index < -0.39 is 46.8 Å². The molecule has 0 spiro atoms. The van der Waals surface area contributed by atoms with E-state index in [1.807, 2.05) is 0 Å². The van der Waals surface area contributed by atoms with Gasteiger partial charge in [-0.05, 0) is 62.3 Å². The fourth-order valence-electron chi connectivity index (χ4n) is 5.64. The van der Waals surface area contributed by atoms with E-state index in [9.17, 15) is 28.3 Å². The summed E-state index contributed by atoms with van der Waals surface area (Å²) in [6, 6.07) is 7.92. The molecule has 1 aromatic heterocycles. The molecule has 10 heteroatoms. The zero-order valence-corrected chi connectivity index (χ0v) is 19.4. The standard InChI is InChI=1S/C26H25F2N3O5/c1-2-36-26(35)17-11-13-4-3-5-16(22(13)29-17)30-24(33)19-12-6-7-14(10-12)23(19)31-25(34)20-15(27)8-9-18(32)21(20)28/h3-5,8-9,11-12,14,19,23,29,32H,2,6-7,10H2,1H3,(H,30,33)(H,31,34)/t12-,14+,19+,23-/m1/s1. The molecular formula is C26H25F2N3O5. The zero-order chi connectivity index (χ0) is 25.6. The minimum Gasteiger partial charge on any atom is -0.505 e. The molecule has 0 unspecified atom stereocenters. The Morgan fingerprint density at radius 1 is 1.14 bits per heavy atom. The summed E-state index contributed by atoms with van der Waals surface area (Å²) in [4.78, 5) is 41.4. The van der Waals surface area contributed by atoms with Gasteiger partial charge in [-0.3, -0.25) is 9.59 Å². The highest BCUT2D eigenvalue weighted by Gasteiger charge is 2.51. The molecule has 188 valence electrons. The molecule has 4 N–H and O–H groups in total. The topological polar surface area (TPSA) is 121 Å². The van der Waals surface area contributed by atoms with E-state index in [4.69, 9.17) is 4.74 Å². The van der Waals surface area contributed by atoms with Crippen molar-refractivity contribution in [2.45, 2.75) is 32.2 Å². The number of hydrogen-bond donors (Lipinski definition) is 4. The Morgan fingerprint density at radius 2 is 1.92 bits per heavy atom. The van der Waals surface area contributed by atoms with Crippen LogP contribution < -0.4 is 10.6 Å². The van der Waals surface area contributed by atoms with Crippen LogP contribution in [0.1, 0.15) is 47.0 Å². The van der Waals surface area contributed by atoms with E-state index >= 15 is 0 Å². The summed E-state index contributed by atoms with van der Waals surface area (Å²) < 4.78 is 33.6. The number of amides is 2. The maximum Gasteiger partial charge on any atom is 0.354 e. The number of carbonyl (C=O) groups is 3. The number of phenolic OH excluding ortho intramolecular Hbond substituents is 1. The number of rotatable bonds is 6. The second-order valence-electron chi connectivity index (χ2n) is 9.28. The number of para-hydroxylation sites is 1. The molecule has 2 amide bonds. The molecule has 0 radical (unpaired) electrons. The van der Waals surface area contributed by atoms with Gasteiger partial charge in [-0.15, -0.1) is 0 Å². The molecule has 2 aromatic carbocycles. The first-order valence-electron chi connectivity index (χ1n) is 11.9. The van der Waals surface area contributed by atoms with Gasteiger partial charge in [-0.2, -0.15) is 0 Å². The average molecular weight is 497 g/mol. The molecule has 3 aromatic rings. The molecule has 2 fully saturated rings. The van der Waals surface area contributed by atoms with Gasteiger partial charge in [-0.25, -0.2) is 13.6 Å². The van der Waals surface area contributed by atoms with Crippen LogP contribution in [-0.4, -0.2) is 40.5 Å². The second-order valence-corrected chi connectivity index (χ2v) is 9.28. The van der Waals surface area contributed by atoms with E-state index in [1.54, 1.807) is 31.2 Å². The minimum atomic E-state index is -1.34. The van der Waals surface area contributed by atoms with Gasteiger partial charge >= 0.3 is 5.97 Å². The molecule has 1 heterocycles. The molecular weight excluding hydrogens is 472 g/mol. The van der Waals surface area contributed by atoms with Gasteiger partial charge in [0.25, 0.3) is 5.91 Å². The van der Waals surface area contributed by atoms with Gasteiger partial charge in [0.1, 0.15) is 17.1 Å². The van der Waals surface area contributed by atoms with Crippen molar-refractivity contribution in [3.05, 3.63) is 59.3 Å². The molecule has 5 rings (SSSR count). The van der Waals surface area contributed by atoms with Gasteiger partial charge in [-0.1, -0.05) is 12.1 Å². The number of anilines is 1. The highest BCUT2D eigenvalue weighted by Crippen LogP contribution is 2.49. The summed E-state index contributed by atoms with van der Waals surface area (Å²) >= 11 is 0. The van der Waals surface area contributed by atoms with Crippen LogP contribution in [0.2, 0.25) is 0 Å². The number of halogens is 2. The van der Waals surface area contributed by atoms with Gasteiger partial charge in [0.05, 0.1) is 23.7 Å². The predicted octanol–water partition coefficient (Wildman–Crippen LogP) is 4.11. The molecule has 8 nitrogen and oxygen atoms in total. The Morgan fingerprint density at radius 3 is 2.69 bits per heavy atom. The predicted molar refractivity (Wildman–Crippen MR) is 126 cm³/mol. The first-order chi connectivity index (χ1) is 17.3. The van der Waals surface area contributed by atoms with Crippen molar-refractivity contribution < 1.29 is 33.0 Å². The number of fused-ring (bicyclic) bond motifs is 3. The zero-order valence-electron chi connectivity index (χ0n) is 19.4. The molecule has 2 aliphatic rings. The van der Waals surface area contributed by atoms with Crippen LogP contribution in [0.25, 0.3) is 10.9 Å². The van der Waals surface area contributed by atoms with Crippen LogP contribution in [0.15, 0.2) is 36.4 Å². The van der Waals surface area contributed by atoms with Crippen molar-refractivity contribution in [3.63, 3.8) is 0 Å². The number of nitrogens with one attached hydrogen (secondary N) is 3. The number of carbonyl (C=O) groups excluding carboxylic acids is 3. The summed E-state index contributed by atoms with van der Waals surface area (Å²) in [5, 5.41) is 15.9. The van der Waals surface area contributed by atoms with Crippen molar-refractivity contribution in [3.8, 4) is 5.75 Å². The van der Waals surface area contributed by atoms with Crippen LogP contribution in [0, 0.1) is 29.4 Å². The Kier molecular flexibility index (Phi) is 6.11. The third-order valence-electron chi connectivity index (χ3n) is 7.22. The fraction of sp³-hybridized carbons (Fsp3) is 0.346. The molecule has 36 heavy (non-hydrogen) atoms. The number of ether oxygens (including phenoxy) is 1. The quantitative estimate of drug-likeness (QED) is 0.382. The smallest absolute Gasteiger partial charge is 0.354 e. The average Bonchev–Trinajstić information content (AvgIpc) is 3.57. The summed E-state index contributed by atoms with van der Waals surface area (Å²) in [6.07, 6.45) is 2.32. The number of H-pyrrole nitrogens is 1. The third kappa shape index (κ3) is 4.06. The molecule has 2 aliphatic carbocycles. The Labute approximate surface area is 205 Å². The van der Waals surface area contributed by atoms with E-state index in [2.05, 4.69) is 15.6 Å². The van der Waals surface area contributed by atoms with E-state index in [0.717, 1.165) is 25.0 Å². The Hall–Kier alpha value is -3.95. The van der Waals surface area contributed by atoms with Crippen molar-refractivity contribution in [1.82, 2.24) is 10.3 Å². The summed E-state index contributed by atoms with van der Waals surface area (Å²) in [6.45, 7) is 1.94. The van der Waals surface area contributed by atoms with Crippen molar-refractivity contribution in [2.24, 2.45) is 17.8 Å². The van der Waals surface area contributed by atoms with Crippen molar-refractivity contribution in [1.29, 1.82) is 0 Å². The van der Waals surface area contributed by atoms with E-state index in [1.165, 1.54) is 0 Å². The minimum absolute atomic E-state index is 0.00479. The summed E-state index contributed by atoms with van der Waals surface area (Å²) in [5.41, 5.74) is 0.404. The highest BCUT2D eigenvalue weighted by molar-refractivity contribution is 6.05. The first kappa shape index (κ1) is 23.8. The lowest BCUT2D eigenvalue weighted by Gasteiger charge is -2.31. The van der Waals surface area contributed by atoms with Crippen LogP contribution in [-0.2, 0) is 9.53 Å². The van der Waals surface area contributed by atoms with Crippen molar-refractivity contribution in [2.75, 3.05) is 11.9 Å². The SMILES string of the molecule is CCOC(=O)c1cc2cccc(NC(=O)[C@H]3[C@@H]4CC[C@@H](C4)[C@H]3NC(=O)c3c(F)ccc(O)c3F)c2[nH]1. The lowest BCUT2D eigenvalue weighted by molar-refractivity contribution is -0.122. The van der Waals surface area contributed by atoms with Crippen LogP contribution >= 0.6 is 0 Å². The van der Waals surface area contributed by atoms with Gasteiger partial charge < -0.3 is 25.5 Å². The lowest BCUT2D eigenvalue weighted by Crippen LogP contribution is -2.48. The molecule has 4 atom stereocenters. The number of benzene rings is 2. The maximum absolute atomic E-state index is 14.3. The van der Waals surface area contributed by atoms with Crippen molar-refractivity contribution >= 4 is 34.4 Å². The third-order valence-corrected chi connectivity index (χ3v) is 7.22. The fourth-order valence-corrected chi connectivity index (χ4v) is 5.64. The van der Waals surface area contributed by atoms with Crippen LogP contribution in [0.3, 0.4) is 0 Å². The Balaban J connectivity index is 1.39. The first-order valence-corrected chi connectivity index (χ1v) is 11.9. The lowest BCUT2D eigenvalue weighted by atomic mass is 9.83. The number of phenols is 1. The molecule has 2 bridgehead atoms. The van der Waals surface area contributed by atoms with Gasteiger partial charge in [0, 0.05) is 11.4 Å². The van der Waals surface area contributed by atoms with Crippen LogP contribution in [0.4, 0.5) is 14.5 Å². The molecule has 2 saturated carbocycles. The summed E-state index contributed by atoms with van der Waals surface area (Å²) in [5.74, 6) is -5.71. The van der Waals surface area contributed by atoms with Gasteiger partial charge in [0.15, 0.2) is 11.6 Å². The number of hydrogen-bond acceptors (Lipinski definition) is 5. The van der Waals surface area contributed by atoms with E-state index in [0.29, 0.717) is 23.0 Å². The van der Waals surface area contributed by atoms with Crippen LogP contribution in [0.5, 0.6) is 5.75 Å². The van der Waals surface area contributed by atoms with Gasteiger partial charge in [0.2, 0.25) is 5.91 Å². The van der Waals surface area contributed by atoms with E-state index in [-0.39, 0.29) is 30.0 Å². The maximum atomic E-state index is 14.3. The number of aromatic nitrogens is 1. The number of esters is 1. The highest BCUT2D eigenvalue weighted by atomic mass is 19.1. The Bertz CT molecular complexity index is 1370. The number of aromatic amines is 1. The normalized spacial score (nSPS) is 22.5. The molecule has 0 saturated heterocycles.